The third kappa shape index (κ3) is 9.66. The molecular formula is C28H34N4O7S2. The van der Waals surface area contributed by atoms with Gasteiger partial charge in [-0.25, -0.2) is 22.9 Å². The normalized spacial score (nSPS) is 11.5. The number of hydrogen-bond acceptors (Lipinski definition) is 9. The monoisotopic (exact) mass is 602 g/mol. The Morgan fingerprint density at radius 1 is 1.00 bits per heavy atom. The lowest BCUT2D eigenvalue weighted by atomic mass is 10.0. The van der Waals surface area contributed by atoms with E-state index in [9.17, 15) is 22.8 Å². The molecule has 0 unspecified atom stereocenters. The Morgan fingerprint density at radius 2 is 1.63 bits per heavy atom. The van der Waals surface area contributed by atoms with E-state index in [4.69, 9.17) is 9.47 Å². The first-order chi connectivity index (χ1) is 19.2. The quantitative estimate of drug-likeness (QED) is 0.250. The maximum atomic E-state index is 12.9. The van der Waals surface area contributed by atoms with Gasteiger partial charge in [0.2, 0.25) is 5.91 Å². The summed E-state index contributed by atoms with van der Waals surface area (Å²) in [6.45, 7) is 5.74. The minimum atomic E-state index is -3.98. The van der Waals surface area contributed by atoms with Gasteiger partial charge in [0.25, 0.3) is 10.0 Å². The van der Waals surface area contributed by atoms with Crippen molar-refractivity contribution in [2.24, 2.45) is 0 Å². The maximum absolute atomic E-state index is 12.9. The third-order valence-electron chi connectivity index (χ3n) is 5.50. The number of likely N-dealkylation sites (N-methyl/N-ethyl adjacent to an activating group) is 1. The number of benzene rings is 2. The zero-order chi connectivity index (χ0) is 30.2. The van der Waals surface area contributed by atoms with Gasteiger partial charge in [0.15, 0.2) is 9.34 Å². The lowest BCUT2D eigenvalue weighted by Gasteiger charge is -2.19. The molecular weight excluding hydrogens is 568 g/mol. The summed E-state index contributed by atoms with van der Waals surface area (Å²) < 4.78 is 37.9. The van der Waals surface area contributed by atoms with E-state index in [0.29, 0.717) is 0 Å². The molecule has 0 saturated carbocycles. The van der Waals surface area contributed by atoms with Gasteiger partial charge in [0, 0.05) is 13.6 Å². The molecule has 3 aromatic rings. The number of nitrogens with zero attached hydrogens (tertiary/aromatic N) is 2. The van der Waals surface area contributed by atoms with E-state index in [0.717, 1.165) is 28.0 Å². The van der Waals surface area contributed by atoms with Crippen molar-refractivity contribution in [3.63, 3.8) is 0 Å². The highest BCUT2D eigenvalue weighted by Gasteiger charge is 2.25. The lowest BCUT2D eigenvalue weighted by Crippen LogP contribution is -2.36. The standard InChI is InChI=1S/C28H34N4O7S2/c1-19-25(41(36,37)30-15-16-38-24(34)18-29-27(35)39-28(2,3)4)40-26(31-19)32(5)23(33)17-20-11-13-22(14-12-20)21-9-7-6-8-10-21/h6-14,30H,15-18H2,1-5H3,(H,29,35). The lowest BCUT2D eigenvalue weighted by molar-refractivity contribution is -0.142. The predicted molar refractivity (Wildman–Crippen MR) is 156 cm³/mol. The molecule has 2 aromatic carbocycles. The average molecular weight is 603 g/mol. The second-order valence-electron chi connectivity index (χ2n) is 10.0. The first kappa shape index (κ1) is 31.7. The molecule has 3 rings (SSSR count). The summed E-state index contributed by atoms with van der Waals surface area (Å²) in [5.41, 5.74) is 2.47. The van der Waals surface area contributed by atoms with Crippen molar-refractivity contribution in [1.29, 1.82) is 0 Å². The smallest absolute Gasteiger partial charge is 0.408 e. The van der Waals surface area contributed by atoms with Crippen LogP contribution in [0.4, 0.5) is 9.93 Å². The molecule has 2 amide bonds. The number of anilines is 1. The van der Waals surface area contributed by atoms with Crippen LogP contribution in [0.3, 0.4) is 0 Å². The molecule has 11 nitrogen and oxygen atoms in total. The van der Waals surface area contributed by atoms with Gasteiger partial charge in [-0.1, -0.05) is 65.9 Å². The summed E-state index contributed by atoms with van der Waals surface area (Å²) in [5.74, 6) is -0.990. The van der Waals surface area contributed by atoms with Crippen LogP contribution in [0.25, 0.3) is 11.1 Å². The van der Waals surface area contributed by atoms with E-state index in [1.165, 1.54) is 11.8 Å². The Morgan fingerprint density at radius 3 is 2.27 bits per heavy atom. The molecule has 0 aliphatic carbocycles. The van der Waals surface area contributed by atoms with Crippen LogP contribution in [0.1, 0.15) is 32.0 Å². The molecule has 1 aromatic heterocycles. The van der Waals surface area contributed by atoms with Crippen molar-refractivity contribution in [2.45, 2.75) is 43.9 Å². The summed E-state index contributed by atoms with van der Waals surface area (Å²) in [4.78, 5) is 41.9. The van der Waals surface area contributed by atoms with Crippen molar-refractivity contribution in [2.75, 3.05) is 31.6 Å². The van der Waals surface area contributed by atoms with E-state index in [2.05, 4.69) is 15.0 Å². The Balaban J connectivity index is 1.50. The molecule has 0 aliphatic heterocycles. The number of hydrogen-bond donors (Lipinski definition) is 2. The van der Waals surface area contributed by atoms with Crippen molar-refractivity contribution < 1.29 is 32.3 Å². The van der Waals surface area contributed by atoms with Crippen LogP contribution in [-0.4, -0.2) is 63.7 Å². The average Bonchev–Trinajstić information content (AvgIpc) is 3.32. The maximum Gasteiger partial charge on any atom is 0.408 e. The minimum absolute atomic E-state index is 0.0442. The number of alkyl carbamates (subject to hydrolysis) is 1. The van der Waals surface area contributed by atoms with Crippen molar-refractivity contribution in [3.8, 4) is 11.1 Å². The number of sulfonamides is 1. The second kappa shape index (κ2) is 13.7. The van der Waals surface area contributed by atoms with Crippen LogP contribution in [-0.2, 0) is 35.5 Å². The molecule has 0 bridgehead atoms. The Kier molecular flexibility index (Phi) is 10.6. The zero-order valence-electron chi connectivity index (χ0n) is 23.6. The van der Waals surface area contributed by atoms with Gasteiger partial charge in [-0.2, -0.15) is 0 Å². The van der Waals surface area contributed by atoms with Crippen molar-refractivity contribution in [3.05, 3.63) is 65.9 Å². The number of carbonyl (C=O) groups excluding carboxylic acids is 3. The third-order valence-corrected chi connectivity index (χ3v) is 8.80. The number of nitrogens with one attached hydrogen (secondary N) is 2. The highest BCUT2D eigenvalue weighted by Crippen LogP contribution is 2.29. The largest absolute Gasteiger partial charge is 0.463 e. The summed E-state index contributed by atoms with van der Waals surface area (Å²) >= 11 is 0.868. The topological polar surface area (TPSA) is 144 Å². The highest BCUT2D eigenvalue weighted by atomic mass is 32.2. The van der Waals surface area contributed by atoms with Gasteiger partial charge in [-0.3, -0.25) is 14.5 Å². The van der Waals surface area contributed by atoms with Crippen LogP contribution >= 0.6 is 11.3 Å². The molecule has 41 heavy (non-hydrogen) atoms. The minimum Gasteiger partial charge on any atom is -0.463 e. The summed E-state index contributed by atoms with van der Waals surface area (Å²) in [5, 5.41) is 2.51. The Hall–Kier alpha value is -3.81. The summed E-state index contributed by atoms with van der Waals surface area (Å²) in [6.07, 6.45) is -0.644. The molecule has 0 spiro atoms. The fourth-order valence-electron chi connectivity index (χ4n) is 3.52. The molecule has 220 valence electrons. The number of aryl methyl sites for hydroxylation is 1. The van der Waals surface area contributed by atoms with Crippen LogP contribution in [0.5, 0.6) is 0 Å². The van der Waals surface area contributed by atoms with Crippen molar-refractivity contribution in [1.82, 2.24) is 15.0 Å². The zero-order valence-corrected chi connectivity index (χ0v) is 25.2. The predicted octanol–water partition coefficient (Wildman–Crippen LogP) is 3.67. The van der Waals surface area contributed by atoms with E-state index in [1.54, 1.807) is 27.8 Å². The SMILES string of the molecule is Cc1nc(N(C)C(=O)Cc2ccc(-c3ccccc3)cc2)sc1S(=O)(=O)NCCOC(=O)CNC(=O)OC(C)(C)C. The number of aromatic nitrogens is 1. The molecule has 0 saturated heterocycles. The number of esters is 1. The van der Waals surface area contributed by atoms with Gasteiger partial charge in [0.1, 0.15) is 18.8 Å². The second-order valence-corrected chi connectivity index (χ2v) is 13.0. The first-order valence-corrected chi connectivity index (χ1v) is 15.1. The fourth-order valence-corrected chi connectivity index (χ4v) is 6.06. The molecule has 1 heterocycles. The molecule has 0 fully saturated rings. The van der Waals surface area contributed by atoms with Crippen LogP contribution < -0.4 is 14.9 Å². The number of amides is 2. The van der Waals surface area contributed by atoms with E-state index >= 15 is 0 Å². The Bertz CT molecular complexity index is 1470. The Labute approximate surface area is 243 Å². The van der Waals surface area contributed by atoms with Gasteiger partial charge in [-0.05, 0) is 44.4 Å². The van der Waals surface area contributed by atoms with Crippen LogP contribution in [0.2, 0.25) is 0 Å². The van der Waals surface area contributed by atoms with Gasteiger partial charge < -0.3 is 14.8 Å². The van der Waals surface area contributed by atoms with Gasteiger partial charge in [0.05, 0.1) is 12.1 Å². The molecule has 0 atom stereocenters. The van der Waals surface area contributed by atoms with Gasteiger partial charge in [-0.15, -0.1) is 0 Å². The van der Waals surface area contributed by atoms with E-state index in [-0.39, 0.29) is 40.5 Å². The van der Waals surface area contributed by atoms with E-state index in [1.807, 2.05) is 54.6 Å². The van der Waals surface area contributed by atoms with E-state index < -0.39 is 34.2 Å². The van der Waals surface area contributed by atoms with Crippen LogP contribution in [0, 0.1) is 6.92 Å². The van der Waals surface area contributed by atoms with Crippen molar-refractivity contribution >= 4 is 44.5 Å². The molecule has 0 radical (unpaired) electrons. The summed E-state index contributed by atoms with van der Waals surface area (Å²) in [7, 11) is -2.43. The van der Waals surface area contributed by atoms with Gasteiger partial charge >= 0.3 is 12.1 Å². The highest BCUT2D eigenvalue weighted by molar-refractivity contribution is 7.91. The molecule has 2 N–H and O–H groups in total. The van der Waals surface area contributed by atoms with Crippen LogP contribution in [0.15, 0.2) is 58.8 Å². The number of thiazole rings is 1. The number of carbonyl (C=O) groups is 3. The molecule has 0 aliphatic rings. The summed E-state index contributed by atoms with van der Waals surface area (Å²) in [6, 6.07) is 17.6. The molecule has 13 heteroatoms. The number of ether oxygens (including phenoxy) is 2. The first-order valence-electron chi connectivity index (χ1n) is 12.8. The number of rotatable bonds is 11. The fraction of sp³-hybridized carbons (Fsp3) is 0.357.